The summed E-state index contributed by atoms with van der Waals surface area (Å²) in [5, 5.41) is 6.10. The maximum Gasteiger partial charge on any atom is 0.252 e. The van der Waals surface area contributed by atoms with E-state index in [0.29, 0.717) is 12.1 Å². The van der Waals surface area contributed by atoms with Gasteiger partial charge in [-0.3, -0.25) is 4.79 Å². The van der Waals surface area contributed by atoms with Gasteiger partial charge in [0.2, 0.25) is 0 Å². The van der Waals surface area contributed by atoms with Crippen molar-refractivity contribution in [2.75, 3.05) is 18.4 Å². The van der Waals surface area contributed by atoms with Crippen LogP contribution in [-0.2, 0) is 0 Å². The average Bonchev–Trinajstić information content (AvgIpc) is 2.35. The maximum absolute atomic E-state index is 11.9. The number of carbonyl (C=O) groups excluding carboxylic acids is 1. The van der Waals surface area contributed by atoms with Crippen molar-refractivity contribution in [3.63, 3.8) is 0 Å². The molecule has 1 amide bonds. The highest BCUT2D eigenvalue weighted by atomic mass is 16.1. The van der Waals surface area contributed by atoms with E-state index in [1.54, 1.807) is 12.3 Å². The molecule has 0 radical (unpaired) electrons. The van der Waals surface area contributed by atoms with Gasteiger partial charge in [0.1, 0.15) is 5.82 Å². The highest BCUT2D eigenvalue weighted by Crippen LogP contribution is 2.17. The Bertz CT molecular complexity index is 393. The molecular formula is C15H25N3O. The zero-order valence-corrected chi connectivity index (χ0v) is 12.4. The molecule has 0 aliphatic heterocycles. The Kier molecular flexibility index (Phi) is 5.80. The van der Waals surface area contributed by atoms with Gasteiger partial charge in [0.25, 0.3) is 5.91 Å². The molecule has 0 saturated carbocycles. The van der Waals surface area contributed by atoms with Crippen molar-refractivity contribution in [2.45, 2.75) is 40.5 Å². The first-order valence-corrected chi connectivity index (χ1v) is 6.90. The molecule has 106 valence electrons. The van der Waals surface area contributed by atoms with E-state index in [1.807, 2.05) is 6.07 Å². The molecule has 4 heteroatoms. The third-order valence-electron chi connectivity index (χ3n) is 2.74. The van der Waals surface area contributed by atoms with Gasteiger partial charge in [-0.2, -0.15) is 0 Å². The van der Waals surface area contributed by atoms with Crippen LogP contribution < -0.4 is 10.6 Å². The summed E-state index contributed by atoms with van der Waals surface area (Å²) in [6.07, 6.45) is 3.63. The molecule has 0 fully saturated rings. The van der Waals surface area contributed by atoms with E-state index in [-0.39, 0.29) is 11.3 Å². The normalized spacial score (nSPS) is 11.2. The minimum absolute atomic E-state index is 0.0567. The fourth-order valence-electron chi connectivity index (χ4n) is 1.54. The Morgan fingerprint density at radius 1 is 1.26 bits per heavy atom. The van der Waals surface area contributed by atoms with Crippen LogP contribution in [0.4, 0.5) is 5.82 Å². The maximum atomic E-state index is 11.9. The van der Waals surface area contributed by atoms with Crippen LogP contribution in [0.5, 0.6) is 0 Å². The van der Waals surface area contributed by atoms with Crippen molar-refractivity contribution in [3.8, 4) is 0 Å². The smallest absolute Gasteiger partial charge is 0.252 e. The van der Waals surface area contributed by atoms with Gasteiger partial charge < -0.3 is 10.6 Å². The number of nitrogens with one attached hydrogen (secondary N) is 2. The number of aromatic nitrogens is 1. The number of amides is 1. The van der Waals surface area contributed by atoms with E-state index in [0.717, 1.165) is 25.2 Å². The molecule has 0 aliphatic carbocycles. The number of nitrogens with zero attached hydrogens (tertiary/aromatic N) is 1. The third kappa shape index (κ3) is 6.22. The van der Waals surface area contributed by atoms with Crippen LogP contribution in [0.1, 0.15) is 50.9 Å². The fourth-order valence-corrected chi connectivity index (χ4v) is 1.54. The summed E-state index contributed by atoms with van der Waals surface area (Å²) in [7, 11) is 0. The summed E-state index contributed by atoms with van der Waals surface area (Å²) in [6, 6.07) is 3.64. The summed E-state index contributed by atoms with van der Waals surface area (Å²) in [4.78, 5) is 16.1. The Labute approximate surface area is 116 Å². The first-order valence-electron chi connectivity index (χ1n) is 6.90. The van der Waals surface area contributed by atoms with Crippen LogP contribution in [-0.4, -0.2) is 24.0 Å². The number of anilines is 1. The Balaban J connectivity index is 2.44. The fraction of sp³-hybridized carbons (Fsp3) is 0.600. The zero-order chi connectivity index (χ0) is 14.3. The second kappa shape index (κ2) is 7.12. The van der Waals surface area contributed by atoms with Gasteiger partial charge in [-0.05, 0) is 30.4 Å². The summed E-state index contributed by atoms with van der Waals surface area (Å²) in [5.41, 5.74) is 0.843. The summed E-state index contributed by atoms with van der Waals surface area (Å²) in [5.74, 6) is 0.756. The van der Waals surface area contributed by atoms with E-state index in [9.17, 15) is 4.79 Å². The van der Waals surface area contributed by atoms with Crippen molar-refractivity contribution in [2.24, 2.45) is 5.41 Å². The molecule has 0 aromatic carbocycles. The van der Waals surface area contributed by atoms with Gasteiger partial charge in [0.05, 0.1) is 5.56 Å². The molecule has 1 aromatic heterocycles. The Morgan fingerprint density at radius 2 is 2.00 bits per heavy atom. The molecule has 1 heterocycles. The third-order valence-corrected chi connectivity index (χ3v) is 2.74. The molecule has 19 heavy (non-hydrogen) atoms. The molecule has 1 aromatic rings. The van der Waals surface area contributed by atoms with Crippen LogP contribution in [0, 0.1) is 5.41 Å². The summed E-state index contributed by atoms with van der Waals surface area (Å²) in [6.45, 7) is 10.2. The van der Waals surface area contributed by atoms with Gasteiger partial charge in [-0.25, -0.2) is 4.98 Å². The second-order valence-electron chi connectivity index (χ2n) is 5.93. The molecule has 2 N–H and O–H groups in total. The SMILES string of the molecule is CCCNc1ccc(C(=O)NCCC(C)(C)C)cn1. The lowest BCUT2D eigenvalue weighted by Crippen LogP contribution is -2.27. The number of hydrogen-bond donors (Lipinski definition) is 2. The number of carbonyl (C=O) groups is 1. The van der Waals surface area contributed by atoms with E-state index < -0.39 is 0 Å². The number of pyridine rings is 1. The predicted molar refractivity (Wildman–Crippen MR) is 79.4 cm³/mol. The summed E-state index contributed by atoms with van der Waals surface area (Å²) < 4.78 is 0. The lowest BCUT2D eigenvalue weighted by atomic mass is 9.92. The molecule has 0 saturated heterocycles. The molecule has 0 aliphatic rings. The van der Waals surface area contributed by atoms with Crippen molar-refractivity contribution in [3.05, 3.63) is 23.9 Å². The van der Waals surface area contributed by atoms with E-state index in [4.69, 9.17) is 0 Å². The molecular weight excluding hydrogens is 238 g/mol. The molecule has 0 atom stereocenters. The molecule has 1 rings (SSSR count). The Morgan fingerprint density at radius 3 is 2.53 bits per heavy atom. The van der Waals surface area contributed by atoms with E-state index in [1.165, 1.54) is 0 Å². The molecule has 0 unspecified atom stereocenters. The van der Waals surface area contributed by atoms with Crippen LogP contribution in [0.3, 0.4) is 0 Å². The van der Waals surface area contributed by atoms with Gasteiger partial charge in [0, 0.05) is 19.3 Å². The van der Waals surface area contributed by atoms with Crippen molar-refractivity contribution in [1.82, 2.24) is 10.3 Å². The summed E-state index contributed by atoms with van der Waals surface area (Å²) >= 11 is 0. The van der Waals surface area contributed by atoms with Gasteiger partial charge in [0.15, 0.2) is 0 Å². The first-order chi connectivity index (χ1) is 8.92. The monoisotopic (exact) mass is 263 g/mol. The molecule has 0 bridgehead atoms. The average molecular weight is 263 g/mol. The predicted octanol–water partition coefficient (Wildman–Crippen LogP) is 3.07. The number of rotatable bonds is 6. The lowest BCUT2D eigenvalue weighted by molar-refractivity contribution is 0.0949. The molecule has 0 spiro atoms. The van der Waals surface area contributed by atoms with Gasteiger partial charge >= 0.3 is 0 Å². The van der Waals surface area contributed by atoms with Crippen LogP contribution >= 0.6 is 0 Å². The first kappa shape index (κ1) is 15.5. The highest BCUT2D eigenvalue weighted by Gasteiger charge is 2.11. The minimum Gasteiger partial charge on any atom is -0.370 e. The van der Waals surface area contributed by atoms with E-state index >= 15 is 0 Å². The molecule has 4 nitrogen and oxygen atoms in total. The lowest BCUT2D eigenvalue weighted by Gasteiger charge is -2.18. The second-order valence-corrected chi connectivity index (χ2v) is 5.93. The highest BCUT2D eigenvalue weighted by molar-refractivity contribution is 5.94. The number of hydrogen-bond acceptors (Lipinski definition) is 3. The van der Waals surface area contributed by atoms with Crippen molar-refractivity contribution in [1.29, 1.82) is 0 Å². The van der Waals surface area contributed by atoms with Crippen LogP contribution in [0.25, 0.3) is 0 Å². The largest absolute Gasteiger partial charge is 0.370 e. The topological polar surface area (TPSA) is 54.0 Å². The Hall–Kier alpha value is -1.58. The zero-order valence-electron chi connectivity index (χ0n) is 12.4. The minimum atomic E-state index is -0.0567. The van der Waals surface area contributed by atoms with Crippen LogP contribution in [0.15, 0.2) is 18.3 Å². The van der Waals surface area contributed by atoms with Crippen molar-refractivity contribution >= 4 is 11.7 Å². The van der Waals surface area contributed by atoms with Crippen LogP contribution in [0.2, 0.25) is 0 Å². The van der Waals surface area contributed by atoms with E-state index in [2.05, 4.69) is 43.3 Å². The quantitative estimate of drug-likeness (QED) is 0.829. The van der Waals surface area contributed by atoms with Gasteiger partial charge in [-0.15, -0.1) is 0 Å². The van der Waals surface area contributed by atoms with Gasteiger partial charge in [-0.1, -0.05) is 27.7 Å². The standard InChI is InChI=1S/C15H25N3O/c1-5-9-16-13-7-6-12(11-18-13)14(19)17-10-8-15(2,3)4/h6-7,11H,5,8-10H2,1-4H3,(H,16,18)(H,17,19). The van der Waals surface area contributed by atoms with Crippen molar-refractivity contribution < 1.29 is 4.79 Å².